The lowest BCUT2D eigenvalue weighted by molar-refractivity contribution is -0.151. The van der Waals surface area contributed by atoms with E-state index in [-0.39, 0.29) is 24.9 Å². The van der Waals surface area contributed by atoms with Crippen LogP contribution in [0.2, 0.25) is 0 Å². The fourth-order valence-electron chi connectivity index (χ4n) is 7.73. The number of hydrogen-bond donors (Lipinski definition) is 3. The van der Waals surface area contributed by atoms with E-state index in [1.54, 1.807) is 0 Å². The number of amides is 1. The van der Waals surface area contributed by atoms with Crippen LogP contribution in [0.25, 0.3) is 0 Å². The molecule has 0 saturated carbocycles. The van der Waals surface area contributed by atoms with Gasteiger partial charge in [-0.3, -0.25) is 9.59 Å². The van der Waals surface area contributed by atoms with Crippen LogP contribution in [0.5, 0.6) is 0 Å². The molecule has 3 unspecified atom stereocenters. The number of nitrogens with one attached hydrogen (secondary N) is 1. The summed E-state index contributed by atoms with van der Waals surface area (Å²) in [5.74, 6) is -0.513. The molecular weight excluding hydrogens is 755 g/mol. The van der Waals surface area contributed by atoms with Crippen LogP contribution in [0.4, 0.5) is 0 Å². The van der Waals surface area contributed by atoms with Gasteiger partial charge >= 0.3 is 5.97 Å². The third kappa shape index (κ3) is 44.0. The molecule has 354 valence electrons. The molecule has 3 atom stereocenters. The quantitative estimate of drug-likeness (QED) is 0.0245. The molecule has 0 aromatic heterocycles. The average molecular weight is 854 g/mol. The number of carbonyl (C=O) groups excluding carboxylic acids is 2. The number of ether oxygens (including phenoxy) is 1. The molecule has 0 fully saturated rings. The highest BCUT2D eigenvalue weighted by Gasteiger charge is 2.24. The van der Waals surface area contributed by atoms with Crippen molar-refractivity contribution in [1.29, 1.82) is 0 Å². The Hall–Kier alpha value is -2.44. The molecule has 0 saturated heterocycles. The number of esters is 1. The topological polar surface area (TPSA) is 95.9 Å². The molecule has 3 N–H and O–H groups in total. The maximum absolute atomic E-state index is 13.2. The van der Waals surface area contributed by atoms with E-state index >= 15 is 0 Å². The summed E-state index contributed by atoms with van der Waals surface area (Å²) in [6, 6.07) is -0.712. The fraction of sp³-hybridized carbons (Fsp3) is 0.782. The van der Waals surface area contributed by atoms with Gasteiger partial charge in [-0.15, -0.1) is 0 Å². The van der Waals surface area contributed by atoms with Gasteiger partial charge in [0.05, 0.1) is 25.2 Å². The number of aliphatic hydroxyl groups is 2. The lowest BCUT2D eigenvalue weighted by Crippen LogP contribution is -2.46. The second-order valence-electron chi connectivity index (χ2n) is 17.6. The van der Waals surface area contributed by atoms with Gasteiger partial charge in [0.25, 0.3) is 0 Å². The zero-order valence-corrected chi connectivity index (χ0v) is 40.3. The molecule has 0 aliphatic rings. The predicted molar refractivity (Wildman–Crippen MR) is 264 cm³/mol. The minimum absolute atomic E-state index is 0.0565. The van der Waals surface area contributed by atoms with Crippen LogP contribution < -0.4 is 5.32 Å². The number of allylic oxidation sites excluding steroid dienone is 10. The van der Waals surface area contributed by atoms with Crippen molar-refractivity contribution in [3.63, 3.8) is 0 Å². The lowest BCUT2D eigenvalue weighted by atomic mass is 10.0. The molecule has 6 nitrogen and oxygen atoms in total. The van der Waals surface area contributed by atoms with Crippen LogP contribution >= 0.6 is 0 Å². The highest BCUT2D eigenvalue weighted by atomic mass is 16.5. The number of rotatable bonds is 46. The van der Waals surface area contributed by atoms with Crippen molar-refractivity contribution in [3.8, 4) is 0 Å². The van der Waals surface area contributed by atoms with Crippen LogP contribution in [0.15, 0.2) is 60.8 Å². The monoisotopic (exact) mass is 854 g/mol. The second kappa shape index (κ2) is 48.6. The zero-order valence-electron chi connectivity index (χ0n) is 40.3. The van der Waals surface area contributed by atoms with Crippen molar-refractivity contribution in [2.45, 2.75) is 270 Å². The zero-order chi connectivity index (χ0) is 44.5. The van der Waals surface area contributed by atoms with Gasteiger partial charge < -0.3 is 20.3 Å². The Morgan fingerprint density at radius 2 is 0.902 bits per heavy atom. The van der Waals surface area contributed by atoms with E-state index in [0.717, 1.165) is 96.3 Å². The van der Waals surface area contributed by atoms with E-state index in [9.17, 15) is 19.8 Å². The summed E-state index contributed by atoms with van der Waals surface area (Å²) in [6.45, 7) is 6.34. The Balaban J connectivity index is 4.65. The van der Waals surface area contributed by atoms with Crippen molar-refractivity contribution in [2.75, 3.05) is 6.61 Å². The third-order valence-corrected chi connectivity index (χ3v) is 11.7. The van der Waals surface area contributed by atoms with E-state index in [1.807, 2.05) is 18.2 Å². The van der Waals surface area contributed by atoms with Crippen LogP contribution in [-0.2, 0) is 14.3 Å². The van der Waals surface area contributed by atoms with Crippen LogP contribution in [0, 0.1) is 0 Å². The van der Waals surface area contributed by atoms with Gasteiger partial charge in [0, 0.05) is 6.42 Å². The van der Waals surface area contributed by atoms with Crippen molar-refractivity contribution < 1.29 is 24.5 Å². The van der Waals surface area contributed by atoms with E-state index in [2.05, 4.69) is 68.6 Å². The summed E-state index contributed by atoms with van der Waals surface area (Å²) >= 11 is 0. The molecule has 0 rings (SSSR count). The van der Waals surface area contributed by atoms with Gasteiger partial charge in [-0.25, -0.2) is 0 Å². The molecule has 0 aromatic rings. The Morgan fingerprint density at radius 1 is 0.492 bits per heavy atom. The molecule has 0 heterocycles. The van der Waals surface area contributed by atoms with Gasteiger partial charge in [0.15, 0.2) is 0 Å². The molecule has 0 spiro atoms. The normalized spacial score (nSPS) is 13.7. The molecule has 0 aliphatic heterocycles. The van der Waals surface area contributed by atoms with Crippen LogP contribution in [-0.4, -0.2) is 46.9 Å². The van der Waals surface area contributed by atoms with Gasteiger partial charge in [0.1, 0.15) is 6.10 Å². The highest BCUT2D eigenvalue weighted by molar-refractivity contribution is 5.77. The Kier molecular flexibility index (Phi) is 46.6. The summed E-state index contributed by atoms with van der Waals surface area (Å²) < 4.78 is 5.92. The van der Waals surface area contributed by atoms with E-state index in [1.165, 1.54) is 109 Å². The molecule has 6 heteroatoms. The molecular formula is C55H99NO5. The first-order valence-electron chi connectivity index (χ1n) is 26.1. The van der Waals surface area contributed by atoms with Gasteiger partial charge in [-0.1, -0.05) is 229 Å². The molecule has 0 radical (unpaired) electrons. The first-order chi connectivity index (χ1) is 30.0. The minimum Gasteiger partial charge on any atom is -0.462 e. The maximum Gasteiger partial charge on any atom is 0.306 e. The Bertz CT molecular complexity index is 1090. The first kappa shape index (κ1) is 58.6. The highest BCUT2D eigenvalue weighted by Crippen LogP contribution is 2.17. The van der Waals surface area contributed by atoms with Crippen molar-refractivity contribution in [3.05, 3.63) is 60.8 Å². The maximum atomic E-state index is 13.2. The molecule has 0 aromatic carbocycles. The number of carbonyl (C=O) groups is 2. The van der Waals surface area contributed by atoms with Crippen molar-refractivity contribution >= 4 is 11.9 Å². The van der Waals surface area contributed by atoms with Crippen molar-refractivity contribution in [1.82, 2.24) is 5.32 Å². The van der Waals surface area contributed by atoms with E-state index < -0.39 is 18.2 Å². The molecule has 1 amide bonds. The van der Waals surface area contributed by atoms with E-state index in [4.69, 9.17) is 4.74 Å². The van der Waals surface area contributed by atoms with Gasteiger partial charge in [0.2, 0.25) is 5.91 Å². The Morgan fingerprint density at radius 3 is 1.41 bits per heavy atom. The standard InChI is InChI=1S/C55H99NO5/c1-4-7-10-13-16-19-22-24-26-28-29-32-34-37-40-43-46-51(61-55(60)48-45-42-39-36-33-30-27-25-23-20-17-14-11-8-5-2)49-54(59)56-52(50-57)53(58)47-44-41-38-35-31-21-18-15-12-9-6-3/h8,11,14,17,20,23,25,27,29,32,51-53,57-58H,4-7,9-10,12-13,15-16,18-19,21-22,24,26,28,30-31,33-50H2,1-3H3,(H,56,59)/b11-8+,17-14+,23-20+,27-25-,32-29+. The molecule has 61 heavy (non-hydrogen) atoms. The third-order valence-electron chi connectivity index (χ3n) is 11.7. The van der Waals surface area contributed by atoms with Crippen molar-refractivity contribution in [2.24, 2.45) is 0 Å². The predicted octanol–water partition coefficient (Wildman–Crippen LogP) is 15.6. The Labute approximate surface area is 378 Å². The summed E-state index contributed by atoms with van der Waals surface area (Å²) in [5.41, 5.74) is 0. The summed E-state index contributed by atoms with van der Waals surface area (Å²) in [6.07, 6.45) is 59.9. The SMILES string of the molecule is CC/C=C/C=C/C=C/C=C\CCCCCCCC(=O)OC(CCCCC/C=C/CCCCCCCCCCC)CC(=O)NC(CO)C(O)CCCCCCCCCCCCC. The lowest BCUT2D eigenvalue weighted by Gasteiger charge is -2.24. The number of aliphatic hydroxyl groups excluding tert-OH is 2. The fourth-order valence-corrected chi connectivity index (χ4v) is 7.73. The largest absolute Gasteiger partial charge is 0.462 e. The smallest absolute Gasteiger partial charge is 0.306 e. The molecule has 0 aliphatic carbocycles. The van der Waals surface area contributed by atoms with Gasteiger partial charge in [-0.05, 0) is 70.6 Å². The number of unbranched alkanes of at least 4 members (excludes halogenated alkanes) is 27. The van der Waals surface area contributed by atoms with Crippen LogP contribution in [0.3, 0.4) is 0 Å². The first-order valence-corrected chi connectivity index (χ1v) is 26.1. The second-order valence-corrected chi connectivity index (χ2v) is 17.6. The summed E-state index contributed by atoms with van der Waals surface area (Å²) in [4.78, 5) is 26.1. The van der Waals surface area contributed by atoms with Crippen LogP contribution in [0.1, 0.15) is 252 Å². The van der Waals surface area contributed by atoms with E-state index in [0.29, 0.717) is 19.3 Å². The average Bonchev–Trinajstić information content (AvgIpc) is 3.25. The number of hydrogen-bond acceptors (Lipinski definition) is 5. The minimum atomic E-state index is -0.796. The summed E-state index contributed by atoms with van der Waals surface area (Å²) in [7, 11) is 0. The van der Waals surface area contributed by atoms with Gasteiger partial charge in [-0.2, -0.15) is 0 Å². The molecule has 0 bridgehead atoms. The summed E-state index contributed by atoms with van der Waals surface area (Å²) in [5, 5.41) is 23.7.